The van der Waals surface area contributed by atoms with Crippen LogP contribution >= 0.6 is 11.3 Å². The molecule has 1 aliphatic carbocycles. The summed E-state index contributed by atoms with van der Waals surface area (Å²) in [7, 11) is 0. The zero-order valence-corrected chi connectivity index (χ0v) is 17.2. The Morgan fingerprint density at radius 3 is 2.60 bits per heavy atom. The van der Waals surface area contributed by atoms with Crippen molar-refractivity contribution in [2.45, 2.75) is 38.4 Å². The smallest absolute Gasteiger partial charge is 0.331 e. The second-order valence-electron chi connectivity index (χ2n) is 7.39. The second kappa shape index (κ2) is 8.13. The van der Waals surface area contributed by atoms with Crippen molar-refractivity contribution >= 4 is 17.2 Å². The number of nitrogens with zero attached hydrogens (tertiary/aromatic N) is 3. The van der Waals surface area contributed by atoms with Crippen LogP contribution in [-0.4, -0.2) is 15.0 Å². The van der Waals surface area contributed by atoms with Crippen molar-refractivity contribution in [2.24, 2.45) is 0 Å². The van der Waals surface area contributed by atoms with Gasteiger partial charge in [0.25, 0.3) is 5.56 Å². The highest BCUT2D eigenvalue weighted by Gasteiger charge is 2.27. The van der Waals surface area contributed by atoms with Crippen LogP contribution in [0.25, 0.3) is 0 Å². The average molecular weight is 420 g/mol. The molecule has 0 radical (unpaired) electrons. The molecule has 0 unspecified atom stereocenters. The van der Waals surface area contributed by atoms with E-state index in [1.807, 2.05) is 54.8 Å². The van der Waals surface area contributed by atoms with Crippen molar-refractivity contribution in [1.82, 2.24) is 14.5 Å². The monoisotopic (exact) mass is 420 g/mol. The standard InChI is InChI=1S/C22H20N4O3S/c1-14-4-6-15(7-5-14)20(18-3-2-10-30-18)24-19(27)13-26-21(28)16(11-23)12-25(22(26)29)17-8-9-17/h2-7,10,12,17,20H,8-9,13H2,1H3,(H,24,27)/t20-/m1/s1. The molecule has 1 saturated carbocycles. The highest BCUT2D eigenvalue weighted by Crippen LogP contribution is 2.33. The summed E-state index contributed by atoms with van der Waals surface area (Å²) in [4.78, 5) is 39.1. The van der Waals surface area contributed by atoms with Gasteiger partial charge in [0, 0.05) is 17.1 Å². The van der Waals surface area contributed by atoms with Crippen molar-refractivity contribution < 1.29 is 4.79 Å². The van der Waals surface area contributed by atoms with Gasteiger partial charge in [0.05, 0.1) is 6.04 Å². The summed E-state index contributed by atoms with van der Waals surface area (Å²) < 4.78 is 2.25. The Balaban J connectivity index is 1.64. The Hall–Kier alpha value is -3.44. The lowest BCUT2D eigenvalue weighted by atomic mass is 10.0. The highest BCUT2D eigenvalue weighted by atomic mass is 32.1. The van der Waals surface area contributed by atoms with E-state index >= 15 is 0 Å². The number of amides is 1. The zero-order chi connectivity index (χ0) is 21.3. The molecule has 1 aromatic carbocycles. The Bertz CT molecular complexity index is 1230. The van der Waals surface area contributed by atoms with Gasteiger partial charge in [0.15, 0.2) is 0 Å². The molecule has 152 valence electrons. The molecule has 0 bridgehead atoms. The van der Waals surface area contributed by atoms with E-state index in [4.69, 9.17) is 0 Å². The van der Waals surface area contributed by atoms with Crippen LogP contribution in [0.5, 0.6) is 0 Å². The van der Waals surface area contributed by atoms with Crippen molar-refractivity contribution in [3.05, 3.63) is 90.4 Å². The fraction of sp³-hybridized carbons (Fsp3) is 0.273. The third-order valence-electron chi connectivity index (χ3n) is 5.10. The van der Waals surface area contributed by atoms with Gasteiger partial charge in [-0.1, -0.05) is 35.9 Å². The summed E-state index contributed by atoms with van der Waals surface area (Å²) in [6, 6.07) is 13.1. The zero-order valence-electron chi connectivity index (χ0n) is 16.4. The number of hydrogen-bond acceptors (Lipinski definition) is 5. The summed E-state index contributed by atoms with van der Waals surface area (Å²) >= 11 is 1.51. The van der Waals surface area contributed by atoms with Crippen molar-refractivity contribution in [3.8, 4) is 6.07 Å². The molecular weight excluding hydrogens is 400 g/mol. The van der Waals surface area contributed by atoms with E-state index in [0.29, 0.717) is 0 Å². The lowest BCUT2D eigenvalue weighted by Gasteiger charge is -2.19. The highest BCUT2D eigenvalue weighted by molar-refractivity contribution is 7.10. The van der Waals surface area contributed by atoms with Crippen molar-refractivity contribution in [2.75, 3.05) is 0 Å². The van der Waals surface area contributed by atoms with Gasteiger partial charge in [-0.2, -0.15) is 5.26 Å². The predicted molar refractivity (Wildman–Crippen MR) is 113 cm³/mol. The van der Waals surface area contributed by atoms with E-state index in [9.17, 15) is 19.6 Å². The van der Waals surface area contributed by atoms with E-state index in [0.717, 1.165) is 33.4 Å². The largest absolute Gasteiger partial charge is 0.343 e. The molecule has 0 aliphatic heterocycles. The molecule has 0 saturated heterocycles. The lowest BCUT2D eigenvalue weighted by molar-refractivity contribution is -0.122. The predicted octanol–water partition coefficient (Wildman–Crippen LogP) is 2.49. The van der Waals surface area contributed by atoms with Crippen LogP contribution in [-0.2, 0) is 11.3 Å². The molecule has 3 aromatic rings. The van der Waals surface area contributed by atoms with Crippen LogP contribution in [0.15, 0.2) is 57.6 Å². The number of carbonyl (C=O) groups is 1. The van der Waals surface area contributed by atoms with Gasteiger partial charge in [-0.05, 0) is 36.8 Å². The SMILES string of the molecule is Cc1ccc([C@@H](NC(=O)Cn2c(=O)c(C#N)cn(C3CC3)c2=O)c2cccs2)cc1. The molecule has 1 N–H and O–H groups in total. The Labute approximate surface area is 176 Å². The number of aromatic nitrogens is 2. The van der Waals surface area contributed by atoms with Gasteiger partial charge in [-0.25, -0.2) is 9.36 Å². The number of aryl methyl sites for hydroxylation is 1. The van der Waals surface area contributed by atoms with Crippen LogP contribution < -0.4 is 16.6 Å². The van der Waals surface area contributed by atoms with Gasteiger partial charge in [0.2, 0.25) is 5.91 Å². The molecule has 1 atom stereocenters. The van der Waals surface area contributed by atoms with Gasteiger partial charge < -0.3 is 5.32 Å². The number of thiophene rings is 1. The molecular formula is C22H20N4O3S. The summed E-state index contributed by atoms with van der Waals surface area (Å²) in [5.41, 5.74) is 0.584. The Morgan fingerprint density at radius 2 is 2.00 bits per heavy atom. The molecule has 7 nitrogen and oxygen atoms in total. The average Bonchev–Trinajstić information content (AvgIpc) is 3.43. The summed E-state index contributed by atoms with van der Waals surface area (Å²) in [5, 5.41) is 14.1. The first-order valence-corrected chi connectivity index (χ1v) is 10.5. The third kappa shape index (κ3) is 3.98. The second-order valence-corrected chi connectivity index (χ2v) is 8.37. The maximum absolute atomic E-state index is 12.9. The number of nitriles is 1. The molecule has 4 rings (SSSR count). The normalized spacial score (nSPS) is 14.1. The molecule has 2 heterocycles. The minimum atomic E-state index is -0.738. The Kier molecular flexibility index (Phi) is 5.38. The van der Waals surface area contributed by atoms with Crippen LogP contribution in [0.1, 0.15) is 46.5 Å². The van der Waals surface area contributed by atoms with Gasteiger partial charge in [0.1, 0.15) is 18.2 Å². The molecule has 1 fully saturated rings. The minimum absolute atomic E-state index is 0.00839. The number of carbonyl (C=O) groups excluding carboxylic acids is 1. The number of rotatable bonds is 6. The molecule has 1 aliphatic rings. The van der Waals surface area contributed by atoms with E-state index in [1.165, 1.54) is 22.1 Å². The van der Waals surface area contributed by atoms with Crippen LogP contribution in [0.2, 0.25) is 0 Å². The summed E-state index contributed by atoms with van der Waals surface area (Å²) in [6.45, 7) is 1.55. The fourth-order valence-electron chi connectivity index (χ4n) is 3.33. The summed E-state index contributed by atoms with van der Waals surface area (Å²) in [5.74, 6) is -0.467. The minimum Gasteiger partial charge on any atom is -0.343 e. The van der Waals surface area contributed by atoms with Crippen LogP contribution in [0.4, 0.5) is 0 Å². The maximum Gasteiger partial charge on any atom is 0.331 e. The fourth-order valence-corrected chi connectivity index (χ4v) is 4.14. The molecule has 8 heteroatoms. The lowest BCUT2D eigenvalue weighted by Crippen LogP contribution is -2.44. The van der Waals surface area contributed by atoms with Crippen LogP contribution in [0.3, 0.4) is 0 Å². The molecule has 2 aromatic heterocycles. The van der Waals surface area contributed by atoms with Gasteiger partial charge >= 0.3 is 5.69 Å². The topological polar surface area (TPSA) is 96.9 Å². The number of nitrogens with one attached hydrogen (secondary N) is 1. The molecule has 30 heavy (non-hydrogen) atoms. The Morgan fingerprint density at radius 1 is 1.27 bits per heavy atom. The summed E-state index contributed by atoms with van der Waals surface area (Å²) in [6.07, 6.45) is 2.95. The van der Waals surface area contributed by atoms with Crippen molar-refractivity contribution in [1.29, 1.82) is 5.26 Å². The molecule has 0 spiro atoms. The first-order chi connectivity index (χ1) is 14.5. The first-order valence-electron chi connectivity index (χ1n) is 9.63. The first kappa shape index (κ1) is 19.9. The van der Waals surface area contributed by atoms with E-state index < -0.39 is 29.7 Å². The quantitative estimate of drug-likeness (QED) is 0.663. The maximum atomic E-state index is 12.9. The van der Waals surface area contributed by atoms with E-state index in [1.54, 1.807) is 0 Å². The number of benzene rings is 1. The van der Waals surface area contributed by atoms with Gasteiger partial charge in [-0.15, -0.1) is 11.3 Å². The van der Waals surface area contributed by atoms with E-state index in [2.05, 4.69) is 5.32 Å². The third-order valence-corrected chi connectivity index (χ3v) is 6.04. The van der Waals surface area contributed by atoms with E-state index in [-0.39, 0.29) is 11.6 Å². The van der Waals surface area contributed by atoms with Crippen molar-refractivity contribution in [3.63, 3.8) is 0 Å². The van der Waals surface area contributed by atoms with Gasteiger partial charge in [-0.3, -0.25) is 14.2 Å². The van der Waals surface area contributed by atoms with Crippen LogP contribution in [0, 0.1) is 18.3 Å². The number of hydrogen-bond donors (Lipinski definition) is 1. The molecule has 1 amide bonds.